The number of piperidine rings is 2. The van der Waals surface area contributed by atoms with Gasteiger partial charge in [0.25, 0.3) is 0 Å². The van der Waals surface area contributed by atoms with Gasteiger partial charge in [-0.15, -0.1) is 0 Å². The van der Waals surface area contributed by atoms with Gasteiger partial charge >= 0.3 is 12.1 Å². The predicted octanol–water partition coefficient (Wildman–Crippen LogP) is 2.05. The van der Waals surface area contributed by atoms with Crippen molar-refractivity contribution < 1.29 is 14.3 Å². The fourth-order valence-corrected chi connectivity index (χ4v) is 2.90. The quantitative estimate of drug-likeness (QED) is 0.848. The summed E-state index contributed by atoms with van der Waals surface area (Å²) in [6.45, 7) is 7.47. The number of hydrogen-bond donors (Lipinski definition) is 1. The fraction of sp³-hybridized carbons (Fsp3) is 0.867. The molecule has 3 amide bonds. The maximum Gasteiger partial charge on any atom is 0.409 e. The second-order valence-electron chi connectivity index (χ2n) is 6.08. The molecule has 2 aliphatic heterocycles. The Labute approximate surface area is 126 Å². The molecule has 1 N–H and O–H groups in total. The van der Waals surface area contributed by atoms with E-state index in [0.29, 0.717) is 19.7 Å². The zero-order valence-corrected chi connectivity index (χ0v) is 13.1. The highest BCUT2D eigenvalue weighted by atomic mass is 16.6. The van der Waals surface area contributed by atoms with Gasteiger partial charge < -0.3 is 19.9 Å². The van der Waals surface area contributed by atoms with E-state index in [2.05, 4.69) is 12.2 Å². The molecule has 2 rings (SSSR count). The van der Waals surface area contributed by atoms with Gasteiger partial charge in [-0.2, -0.15) is 0 Å². The Morgan fingerprint density at radius 1 is 1.05 bits per heavy atom. The molecule has 6 heteroatoms. The molecule has 2 heterocycles. The first-order valence-electron chi connectivity index (χ1n) is 8.07. The van der Waals surface area contributed by atoms with Gasteiger partial charge in [0, 0.05) is 32.2 Å². The molecule has 0 unspecified atom stereocenters. The Morgan fingerprint density at radius 2 is 1.62 bits per heavy atom. The molecule has 6 nitrogen and oxygen atoms in total. The lowest BCUT2D eigenvalue weighted by atomic mass is 9.99. The minimum absolute atomic E-state index is 0.0523. The van der Waals surface area contributed by atoms with E-state index in [-0.39, 0.29) is 18.2 Å². The molecular formula is C15H27N3O3. The van der Waals surface area contributed by atoms with Crippen LogP contribution in [-0.2, 0) is 4.74 Å². The van der Waals surface area contributed by atoms with E-state index < -0.39 is 0 Å². The third-order valence-electron chi connectivity index (χ3n) is 4.42. The van der Waals surface area contributed by atoms with Gasteiger partial charge in [-0.3, -0.25) is 0 Å². The topological polar surface area (TPSA) is 61.9 Å². The third kappa shape index (κ3) is 4.51. The molecule has 0 aromatic heterocycles. The number of nitrogens with zero attached hydrogens (tertiary/aromatic N) is 2. The molecule has 0 radical (unpaired) electrons. The maximum absolute atomic E-state index is 12.2. The second-order valence-corrected chi connectivity index (χ2v) is 6.08. The van der Waals surface area contributed by atoms with Crippen molar-refractivity contribution in [2.45, 2.75) is 45.6 Å². The lowest BCUT2D eigenvalue weighted by Gasteiger charge is -2.35. The Hall–Kier alpha value is -1.46. The minimum Gasteiger partial charge on any atom is -0.450 e. The second kappa shape index (κ2) is 7.52. The summed E-state index contributed by atoms with van der Waals surface area (Å²) in [5.41, 5.74) is 0. The van der Waals surface area contributed by atoms with Crippen LogP contribution in [0.2, 0.25) is 0 Å². The highest BCUT2D eigenvalue weighted by Crippen LogP contribution is 2.17. The molecule has 0 aromatic rings. The van der Waals surface area contributed by atoms with Gasteiger partial charge in [0.1, 0.15) is 0 Å². The van der Waals surface area contributed by atoms with E-state index in [9.17, 15) is 9.59 Å². The highest BCUT2D eigenvalue weighted by molar-refractivity contribution is 5.74. The Morgan fingerprint density at radius 3 is 2.19 bits per heavy atom. The smallest absolute Gasteiger partial charge is 0.409 e. The zero-order chi connectivity index (χ0) is 15.2. The Balaban J connectivity index is 1.70. The first-order chi connectivity index (χ1) is 10.1. The highest BCUT2D eigenvalue weighted by Gasteiger charge is 2.27. The van der Waals surface area contributed by atoms with Crippen LogP contribution in [0.15, 0.2) is 0 Å². The van der Waals surface area contributed by atoms with Crippen molar-refractivity contribution in [1.29, 1.82) is 0 Å². The molecule has 0 spiro atoms. The van der Waals surface area contributed by atoms with Crippen LogP contribution in [0.5, 0.6) is 0 Å². The molecule has 120 valence electrons. The van der Waals surface area contributed by atoms with E-state index in [1.165, 1.54) is 0 Å². The standard InChI is InChI=1S/C15H27N3O3/c1-3-21-15(20)18-10-6-13(7-11-18)16-14(19)17-8-4-12(2)5-9-17/h12-13H,3-11H2,1-2H3,(H,16,19). The third-order valence-corrected chi connectivity index (χ3v) is 4.42. The summed E-state index contributed by atoms with van der Waals surface area (Å²) >= 11 is 0. The largest absolute Gasteiger partial charge is 0.450 e. The van der Waals surface area contributed by atoms with Crippen molar-refractivity contribution >= 4 is 12.1 Å². The first kappa shape index (κ1) is 15.9. The van der Waals surface area contributed by atoms with Gasteiger partial charge in [0.15, 0.2) is 0 Å². The van der Waals surface area contributed by atoms with Crippen molar-refractivity contribution in [2.75, 3.05) is 32.8 Å². The van der Waals surface area contributed by atoms with Gasteiger partial charge in [-0.1, -0.05) is 6.92 Å². The van der Waals surface area contributed by atoms with E-state index in [4.69, 9.17) is 4.74 Å². The number of hydrogen-bond acceptors (Lipinski definition) is 3. The summed E-state index contributed by atoms with van der Waals surface area (Å²) < 4.78 is 4.99. The number of nitrogens with one attached hydrogen (secondary N) is 1. The zero-order valence-electron chi connectivity index (χ0n) is 13.1. The van der Waals surface area contributed by atoms with Crippen LogP contribution in [-0.4, -0.2) is 60.8 Å². The van der Waals surface area contributed by atoms with Crippen LogP contribution in [0.4, 0.5) is 9.59 Å². The van der Waals surface area contributed by atoms with Crippen molar-refractivity contribution in [1.82, 2.24) is 15.1 Å². The summed E-state index contributed by atoms with van der Waals surface area (Å²) in [5, 5.41) is 3.10. The number of ether oxygens (including phenoxy) is 1. The van der Waals surface area contributed by atoms with E-state index in [0.717, 1.165) is 44.7 Å². The van der Waals surface area contributed by atoms with Gasteiger partial charge in [-0.05, 0) is 38.5 Å². The molecule has 2 aliphatic rings. The van der Waals surface area contributed by atoms with Crippen molar-refractivity contribution in [3.63, 3.8) is 0 Å². The van der Waals surface area contributed by atoms with Gasteiger partial charge in [0.05, 0.1) is 6.61 Å². The molecule has 0 aromatic carbocycles. The summed E-state index contributed by atoms with van der Waals surface area (Å²) in [5.74, 6) is 0.724. The normalized spacial score (nSPS) is 21.2. The number of urea groups is 1. The maximum atomic E-state index is 12.2. The predicted molar refractivity (Wildman–Crippen MR) is 80.1 cm³/mol. The lowest BCUT2D eigenvalue weighted by Crippen LogP contribution is -2.51. The van der Waals surface area contributed by atoms with Gasteiger partial charge in [-0.25, -0.2) is 9.59 Å². The van der Waals surface area contributed by atoms with Crippen molar-refractivity contribution in [3.8, 4) is 0 Å². The molecule has 0 atom stereocenters. The van der Waals surface area contributed by atoms with E-state index in [1.807, 2.05) is 11.8 Å². The molecule has 2 saturated heterocycles. The summed E-state index contributed by atoms with van der Waals surface area (Å²) in [6, 6.07) is 0.221. The molecule has 21 heavy (non-hydrogen) atoms. The molecule has 2 fully saturated rings. The number of carbonyl (C=O) groups excluding carboxylic acids is 2. The number of carbonyl (C=O) groups is 2. The fourth-order valence-electron chi connectivity index (χ4n) is 2.90. The first-order valence-corrected chi connectivity index (χ1v) is 8.07. The lowest BCUT2D eigenvalue weighted by molar-refractivity contribution is 0.0947. The molecule has 0 aliphatic carbocycles. The number of amides is 3. The number of rotatable bonds is 2. The van der Waals surface area contributed by atoms with Crippen molar-refractivity contribution in [2.24, 2.45) is 5.92 Å². The number of likely N-dealkylation sites (tertiary alicyclic amines) is 2. The van der Waals surface area contributed by atoms with Crippen LogP contribution >= 0.6 is 0 Å². The summed E-state index contributed by atoms with van der Waals surface area (Å²) in [4.78, 5) is 27.4. The van der Waals surface area contributed by atoms with Crippen LogP contribution in [0.25, 0.3) is 0 Å². The minimum atomic E-state index is -0.243. The summed E-state index contributed by atoms with van der Waals surface area (Å²) in [6.07, 6.45) is 3.54. The molecule has 0 saturated carbocycles. The van der Waals surface area contributed by atoms with Crippen LogP contribution < -0.4 is 5.32 Å². The van der Waals surface area contributed by atoms with Crippen molar-refractivity contribution in [3.05, 3.63) is 0 Å². The van der Waals surface area contributed by atoms with E-state index >= 15 is 0 Å². The Kier molecular flexibility index (Phi) is 5.70. The van der Waals surface area contributed by atoms with Crippen LogP contribution in [0.1, 0.15) is 39.5 Å². The van der Waals surface area contributed by atoms with Crippen LogP contribution in [0, 0.1) is 5.92 Å². The average molecular weight is 297 g/mol. The Bertz CT molecular complexity index is 359. The van der Waals surface area contributed by atoms with Gasteiger partial charge in [0.2, 0.25) is 0 Å². The SMILES string of the molecule is CCOC(=O)N1CCC(NC(=O)N2CCC(C)CC2)CC1. The summed E-state index contributed by atoms with van der Waals surface area (Å²) in [7, 11) is 0. The molecule has 0 bridgehead atoms. The van der Waals surface area contributed by atoms with Crippen LogP contribution in [0.3, 0.4) is 0 Å². The molecular weight excluding hydrogens is 270 g/mol. The average Bonchev–Trinajstić information content (AvgIpc) is 2.49. The van der Waals surface area contributed by atoms with E-state index in [1.54, 1.807) is 4.90 Å². The monoisotopic (exact) mass is 297 g/mol.